The Hall–Kier alpha value is -1.08. The molecule has 1 aliphatic heterocycles. The minimum absolute atomic E-state index is 0.247. The first-order valence-corrected chi connectivity index (χ1v) is 12.6. The quantitative estimate of drug-likeness (QED) is 0.624. The van der Waals surface area contributed by atoms with Gasteiger partial charge in [0.2, 0.25) is 5.95 Å². The smallest absolute Gasteiger partial charge is 0.211 e. The van der Waals surface area contributed by atoms with Crippen LogP contribution in [0.4, 0.5) is 4.39 Å². The van der Waals surface area contributed by atoms with Crippen molar-refractivity contribution < 1.29 is 9.13 Å². The molecule has 1 aromatic heterocycles. The molecule has 7 heteroatoms. The number of benzene rings is 1. The fourth-order valence-corrected chi connectivity index (χ4v) is 5.65. The van der Waals surface area contributed by atoms with Crippen LogP contribution in [0.3, 0.4) is 0 Å². The highest BCUT2D eigenvalue weighted by Gasteiger charge is 2.36. The summed E-state index contributed by atoms with van der Waals surface area (Å²) in [5.41, 5.74) is 2.22. The minimum atomic E-state index is -0.247. The third kappa shape index (κ3) is 5.21. The predicted octanol–water partition coefficient (Wildman–Crippen LogP) is 4.91. The van der Waals surface area contributed by atoms with Crippen LogP contribution in [-0.2, 0) is 18.2 Å². The molecule has 0 N–H and O–H groups in total. The fourth-order valence-electron chi connectivity index (χ4n) is 4.95. The van der Waals surface area contributed by atoms with E-state index in [1.165, 1.54) is 10.2 Å². The Balaban J connectivity index is 1.43. The van der Waals surface area contributed by atoms with Gasteiger partial charge in [0.05, 0.1) is 18.4 Å². The van der Waals surface area contributed by atoms with Crippen LogP contribution in [0.2, 0.25) is 5.02 Å². The maximum Gasteiger partial charge on any atom is 0.211 e. The summed E-state index contributed by atoms with van der Waals surface area (Å²) in [6.07, 6.45) is 7.82. The Labute approximate surface area is 188 Å². The number of thioether (sulfide) groups is 1. The first-order valence-electron chi connectivity index (χ1n) is 10.8. The minimum Gasteiger partial charge on any atom is -0.374 e. The van der Waals surface area contributed by atoms with E-state index in [4.69, 9.17) is 16.3 Å². The molecule has 0 amide bonds. The lowest BCUT2D eigenvalue weighted by atomic mass is 9.82. The summed E-state index contributed by atoms with van der Waals surface area (Å²) in [7, 11) is 1.67. The second kappa shape index (κ2) is 10.0. The van der Waals surface area contributed by atoms with Crippen molar-refractivity contribution in [3.8, 4) is 0 Å². The van der Waals surface area contributed by atoms with Crippen LogP contribution < -0.4 is 0 Å². The first-order chi connectivity index (χ1) is 14.5. The molecule has 2 heterocycles. The second-order valence-corrected chi connectivity index (χ2v) is 9.96. The van der Waals surface area contributed by atoms with Crippen molar-refractivity contribution in [2.24, 2.45) is 7.05 Å². The average Bonchev–Trinajstić information content (AvgIpc) is 3.09. The van der Waals surface area contributed by atoms with Crippen molar-refractivity contribution >= 4 is 23.4 Å². The molecule has 1 aromatic carbocycles. The van der Waals surface area contributed by atoms with Crippen LogP contribution in [-0.4, -0.2) is 58.0 Å². The van der Waals surface area contributed by atoms with Gasteiger partial charge in [-0.3, -0.25) is 4.90 Å². The van der Waals surface area contributed by atoms with E-state index in [1.807, 2.05) is 23.9 Å². The maximum atomic E-state index is 13.7. The van der Waals surface area contributed by atoms with Gasteiger partial charge in [0, 0.05) is 48.4 Å². The molecular formula is C23H31ClFN3OS. The Morgan fingerprint density at radius 1 is 1.20 bits per heavy atom. The van der Waals surface area contributed by atoms with Crippen molar-refractivity contribution in [2.75, 3.05) is 25.2 Å². The monoisotopic (exact) mass is 451 g/mol. The van der Waals surface area contributed by atoms with E-state index in [0.717, 1.165) is 61.7 Å². The lowest BCUT2D eigenvalue weighted by Gasteiger charge is -2.46. The highest BCUT2D eigenvalue weighted by atomic mass is 35.5. The standard InChI is InChI=1S/C23H31ClFN3OS/c1-27-23(25)12-22(26-27)17-5-9-19(10-6-17)28-13-21(15-30-2)29-14-20(28)11-16-3-7-18(24)8-4-16/h3-4,7-8,12,17,19-21H,5-6,9-11,13-15H2,1-2H3. The van der Waals surface area contributed by atoms with E-state index in [2.05, 4.69) is 28.4 Å². The molecule has 1 aliphatic carbocycles. The highest BCUT2D eigenvalue weighted by molar-refractivity contribution is 7.98. The van der Waals surface area contributed by atoms with Crippen molar-refractivity contribution in [1.82, 2.24) is 14.7 Å². The number of hydrogen-bond donors (Lipinski definition) is 0. The zero-order valence-corrected chi connectivity index (χ0v) is 19.3. The van der Waals surface area contributed by atoms with E-state index < -0.39 is 0 Å². The summed E-state index contributed by atoms with van der Waals surface area (Å²) in [4.78, 5) is 2.70. The second-order valence-electron chi connectivity index (χ2n) is 8.61. The number of rotatable bonds is 6. The van der Waals surface area contributed by atoms with Crippen molar-refractivity contribution in [2.45, 2.75) is 56.2 Å². The van der Waals surface area contributed by atoms with Crippen LogP contribution >= 0.6 is 23.4 Å². The average molecular weight is 452 g/mol. The van der Waals surface area contributed by atoms with Gasteiger partial charge in [0.15, 0.2) is 0 Å². The zero-order valence-electron chi connectivity index (χ0n) is 17.8. The molecule has 1 saturated carbocycles. The molecule has 0 radical (unpaired) electrons. The Kier molecular flexibility index (Phi) is 7.40. The van der Waals surface area contributed by atoms with Crippen LogP contribution in [0.5, 0.6) is 0 Å². The molecule has 2 aromatic rings. The van der Waals surface area contributed by atoms with Gasteiger partial charge in [0.25, 0.3) is 0 Å². The third-order valence-electron chi connectivity index (χ3n) is 6.57. The summed E-state index contributed by atoms with van der Waals surface area (Å²) in [5, 5.41) is 5.16. The molecule has 2 unspecified atom stereocenters. The number of hydrogen-bond acceptors (Lipinski definition) is 4. The molecule has 2 fully saturated rings. The van der Waals surface area contributed by atoms with Gasteiger partial charge in [-0.25, -0.2) is 4.68 Å². The summed E-state index contributed by atoms with van der Waals surface area (Å²) >= 11 is 7.92. The summed E-state index contributed by atoms with van der Waals surface area (Å²) in [5.74, 6) is 1.16. The Bertz CT molecular complexity index is 803. The van der Waals surface area contributed by atoms with E-state index in [0.29, 0.717) is 24.1 Å². The summed E-state index contributed by atoms with van der Waals surface area (Å²) in [6, 6.07) is 10.7. The Morgan fingerprint density at radius 2 is 1.93 bits per heavy atom. The van der Waals surface area contributed by atoms with Crippen molar-refractivity contribution in [1.29, 1.82) is 0 Å². The lowest BCUT2D eigenvalue weighted by molar-refractivity contribution is -0.0750. The summed E-state index contributed by atoms with van der Waals surface area (Å²) < 4.78 is 21.3. The van der Waals surface area contributed by atoms with E-state index >= 15 is 0 Å². The highest BCUT2D eigenvalue weighted by Crippen LogP contribution is 2.36. The van der Waals surface area contributed by atoms with Crippen molar-refractivity contribution in [3.05, 3.63) is 52.6 Å². The third-order valence-corrected chi connectivity index (χ3v) is 7.53. The molecule has 0 bridgehead atoms. The molecule has 4 nitrogen and oxygen atoms in total. The molecule has 4 rings (SSSR count). The Morgan fingerprint density at radius 3 is 2.57 bits per heavy atom. The molecule has 1 saturated heterocycles. The van der Waals surface area contributed by atoms with E-state index in [1.54, 1.807) is 13.1 Å². The number of halogens is 2. The van der Waals surface area contributed by atoms with Gasteiger partial charge in [-0.15, -0.1) is 0 Å². The van der Waals surface area contributed by atoms with Crippen LogP contribution in [0, 0.1) is 5.95 Å². The first kappa shape index (κ1) is 22.1. The largest absolute Gasteiger partial charge is 0.374 e. The topological polar surface area (TPSA) is 30.3 Å². The normalized spacial score (nSPS) is 28.0. The van der Waals surface area contributed by atoms with Crippen LogP contribution in [0.1, 0.15) is 42.9 Å². The number of morpholine rings is 1. The lowest BCUT2D eigenvalue weighted by Crippen LogP contribution is -2.56. The van der Waals surface area contributed by atoms with Crippen LogP contribution in [0.15, 0.2) is 30.3 Å². The van der Waals surface area contributed by atoms with E-state index in [-0.39, 0.29) is 5.95 Å². The SMILES string of the molecule is CSCC1CN(C2CCC(c3cc(F)n(C)n3)CC2)C(Cc2ccc(Cl)cc2)CO1. The fraction of sp³-hybridized carbons (Fsp3) is 0.609. The van der Waals surface area contributed by atoms with Gasteiger partial charge in [-0.1, -0.05) is 23.7 Å². The molecule has 0 spiro atoms. The zero-order chi connectivity index (χ0) is 21.1. The predicted molar refractivity (Wildman–Crippen MR) is 122 cm³/mol. The molecule has 2 atom stereocenters. The summed E-state index contributed by atoms with van der Waals surface area (Å²) in [6.45, 7) is 1.77. The maximum absolute atomic E-state index is 13.7. The molecule has 164 valence electrons. The van der Waals surface area contributed by atoms with Gasteiger partial charge >= 0.3 is 0 Å². The number of ether oxygens (including phenoxy) is 1. The number of aryl methyl sites for hydroxylation is 1. The van der Waals surface area contributed by atoms with Gasteiger partial charge in [-0.05, 0) is 56.1 Å². The molecular weight excluding hydrogens is 421 g/mol. The number of nitrogens with zero attached hydrogens (tertiary/aromatic N) is 3. The van der Waals surface area contributed by atoms with Gasteiger partial charge in [0.1, 0.15) is 0 Å². The molecule has 2 aliphatic rings. The number of aromatic nitrogens is 2. The van der Waals surface area contributed by atoms with Crippen molar-refractivity contribution in [3.63, 3.8) is 0 Å². The van der Waals surface area contributed by atoms with Crippen LogP contribution in [0.25, 0.3) is 0 Å². The van der Waals surface area contributed by atoms with Gasteiger partial charge in [-0.2, -0.15) is 21.3 Å². The van der Waals surface area contributed by atoms with Gasteiger partial charge < -0.3 is 4.74 Å². The molecule has 30 heavy (non-hydrogen) atoms. The van der Waals surface area contributed by atoms with E-state index in [9.17, 15) is 4.39 Å².